The highest BCUT2D eigenvalue weighted by Gasteiger charge is 2.35. The van der Waals surface area contributed by atoms with Crippen LogP contribution >= 0.6 is 0 Å². The maximum atomic E-state index is 14.1. The average Bonchev–Trinajstić information content (AvgIpc) is 2.74. The maximum absolute atomic E-state index is 14.1. The largest absolute Gasteiger partial charge is 0.501 e. The third kappa shape index (κ3) is 6.71. The monoisotopic (exact) mass is 446 g/mol. The van der Waals surface area contributed by atoms with E-state index < -0.39 is 9.92 Å². The Hall–Kier alpha value is -2.05. The van der Waals surface area contributed by atoms with Crippen LogP contribution in [0.25, 0.3) is 0 Å². The van der Waals surface area contributed by atoms with Crippen molar-refractivity contribution in [1.82, 2.24) is 4.31 Å². The Morgan fingerprint density at radius 3 is 2.26 bits per heavy atom. The van der Waals surface area contributed by atoms with E-state index in [4.69, 9.17) is 14.3 Å². The second kappa shape index (κ2) is 11.5. The van der Waals surface area contributed by atoms with Crippen molar-refractivity contribution in [3.8, 4) is 5.75 Å². The minimum absolute atomic E-state index is 0.112. The van der Waals surface area contributed by atoms with Gasteiger partial charge in [-0.25, -0.2) is 13.3 Å². The molecule has 1 unspecified atom stereocenters. The summed E-state index contributed by atoms with van der Waals surface area (Å²) >= 11 is 0. The van der Waals surface area contributed by atoms with Crippen molar-refractivity contribution in [1.29, 1.82) is 4.78 Å². The molecule has 31 heavy (non-hydrogen) atoms. The molecule has 0 aromatic heterocycles. The number of allylic oxidation sites excluding steroid dienone is 4. The number of ether oxygens (including phenoxy) is 2. The molecule has 0 saturated carbocycles. The van der Waals surface area contributed by atoms with Gasteiger partial charge in [0.15, 0.2) is 0 Å². The van der Waals surface area contributed by atoms with E-state index in [2.05, 4.69) is 33.4 Å². The van der Waals surface area contributed by atoms with Crippen molar-refractivity contribution in [3.05, 3.63) is 66.0 Å². The van der Waals surface area contributed by atoms with Gasteiger partial charge in [0.2, 0.25) is 0 Å². The van der Waals surface area contributed by atoms with Crippen LogP contribution in [0.15, 0.2) is 60.4 Å². The molecule has 0 radical (unpaired) electrons. The molecular formula is C25H38N2O3S. The zero-order chi connectivity index (χ0) is 23.0. The first-order valence-electron chi connectivity index (χ1n) is 10.9. The van der Waals surface area contributed by atoms with Crippen molar-refractivity contribution >= 4 is 9.92 Å². The van der Waals surface area contributed by atoms with E-state index in [1.165, 1.54) is 5.57 Å². The summed E-state index contributed by atoms with van der Waals surface area (Å²) in [5.41, 5.74) is 2.19. The van der Waals surface area contributed by atoms with Crippen molar-refractivity contribution < 1.29 is 13.7 Å². The van der Waals surface area contributed by atoms with Crippen LogP contribution in [0.3, 0.4) is 0 Å². The standard InChI is InChI=1S/C25H38N2O3S/c1-7-8-20(4)25(19(2)3)31(26,28)27(17-21-9-13-23(29-5)14-10-21)18-22-11-15-24(30-6)16-12-22/h7,9-11,13-15,19-20,25-26H,1,8,12,16-18H2,2-6H3/t20-,25+,31?/m1/s1. The van der Waals surface area contributed by atoms with E-state index in [-0.39, 0.29) is 17.1 Å². The molecule has 0 heterocycles. The predicted octanol–water partition coefficient (Wildman–Crippen LogP) is 5.95. The fourth-order valence-corrected chi connectivity index (χ4v) is 6.80. The fraction of sp³-hybridized carbons (Fsp3) is 0.520. The highest BCUT2D eigenvalue weighted by Crippen LogP contribution is 2.30. The second-order valence-corrected chi connectivity index (χ2v) is 10.8. The molecule has 6 heteroatoms. The van der Waals surface area contributed by atoms with E-state index >= 15 is 0 Å². The van der Waals surface area contributed by atoms with Gasteiger partial charge in [0.25, 0.3) is 0 Å². The van der Waals surface area contributed by atoms with Crippen LogP contribution < -0.4 is 4.74 Å². The van der Waals surface area contributed by atoms with Gasteiger partial charge in [0.1, 0.15) is 15.7 Å². The summed E-state index contributed by atoms with van der Waals surface area (Å²) in [6.45, 7) is 11.0. The number of hydrogen-bond donors (Lipinski definition) is 1. The minimum atomic E-state index is -3.05. The number of hydrogen-bond acceptors (Lipinski definition) is 4. The lowest BCUT2D eigenvalue weighted by molar-refractivity contribution is 0.274. The Bertz CT molecular complexity index is 886. The molecule has 1 aliphatic rings. The van der Waals surface area contributed by atoms with Crippen LogP contribution in [0.1, 0.15) is 45.6 Å². The van der Waals surface area contributed by atoms with Gasteiger partial charge in [-0.2, -0.15) is 0 Å². The van der Waals surface area contributed by atoms with E-state index in [1.54, 1.807) is 14.2 Å². The van der Waals surface area contributed by atoms with Crippen LogP contribution in [-0.4, -0.2) is 34.5 Å². The van der Waals surface area contributed by atoms with Gasteiger partial charge in [-0.1, -0.05) is 50.6 Å². The van der Waals surface area contributed by atoms with E-state index in [1.807, 2.05) is 40.7 Å². The Kier molecular flexibility index (Phi) is 9.38. The lowest BCUT2D eigenvalue weighted by Gasteiger charge is -2.36. The van der Waals surface area contributed by atoms with Gasteiger partial charge in [0, 0.05) is 19.5 Å². The SMILES string of the molecule is C=CC[C@@H](C)[C@H](C(C)C)S(=N)(=O)N(CC1=CC=C(OC)CC1)Cc1ccc(OC)cc1. The molecule has 0 aliphatic heterocycles. The summed E-state index contributed by atoms with van der Waals surface area (Å²) in [6.07, 6.45) is 8.33. The first kappa shape index (κ1) is 25.2. The molecule has 1 aliphatic carbocycles. The zero-order valence-corrected chi connectivity index (χ0v) is 20.4. The number of nitrogens with zero attached hydrogens (tertiary/aromatic N) is 1. The quantitative estimate of drug-likeness (QED) is 0.404. The molecule has 0 bridgehead atoms. The van der Waals surface area contributed by atoms with Crippen LogP contribution in [0.2, 0.25) is 0 Å². The van der Waals surface area contributed by atoms with Gasteiger partial charge in [-0.15, -0.1) is 6.58 Å². The van der Waals surface area contributed by atoms with Gasteiger partial charge < -0.3 is 9.47 Å². The van der Waals surface area contributed by atoms with E-state index in [0.29, 0.717) is 13.1 Å². The van der Waals surface area contributed by atoms with Gasteiger partial charge in [-0.05, 0) is 48.4 Å². The van der Waals surface area contributed by atoms with E-state index in [0.717, 1.165) is 36.3 Å². The summed E-state index contributed by atoms with van der Waals surface area (Å²) in [4.78, 5) is 0. The normalized spacial score (nSPS) is 18.0. The molecular weight excluding hydrogens is 408 g/mol. The number of nitrogens with one attached hydrogen (secondary N) is 1. The lowest BCUT2D eigenvalue weighted by Crippen LogP contribution is -2.44. The molecule has 0 fully saturated rings. The summed E-state index contributed by atoms with van der Waals surface area (Å²) in [6, 6.07) is 7.79. The lowest BCUT2D eigenvalue weighted by atomic mass is 9.95. The number of methoxy groups -OCH3 is 2. The summed E-state index contributed by atoms with van der Waals surface area (Å²) in [5.74, 6) is 1.98. The topological polar surface area (TPSA) is 62.6 Å². The molecule has 5 nitrogen and oxygen atoms in total. The molecule has 1 aromatic rings. The predicted molar refractivity (Wildman–Crippen MR) is 129 cm³/mol. The Balaban J connectivity index is 2.39. The first-order chi connectivity index (χ1) is 14.7. The number of benzene rings is 1. The van der Waals surface area contributed by atoms with Crippen LogP contribution in [0, 0.1) is 16.6 Å². The number of rotatable bonds is 12. The van der Waals surface area contributed by atoms with Gasteiger partial charge in [0.05, 0.1) is 25.2 Å². The Morgan fingerprint density at radius 1 is 1.10 bits per heavy atom. The highest BCUT2D eigenvalue weighted by molar-refractivity contribution is 7.90. The second-order valence-electron chi connectivity index (χ2n) is 8.59. The maximum Gasteiger partial charge on any atom is 0.118 e. The van der Waals surface area contributed by atoms with Crippen LogP contribution in [0.5, 0.6) is 5.75 Å². The summed E-state index contributed by atoms with van der Waals surface area (Å²) in [7, 11) is 0.274. The first-order valence-corrected chi connectivity index (χ1v) is 12.5. The minimum Gasteiger partial charge on any atom is -0.501 e. The molecule has 172 valence electrons. The van der Waals surface area contributed by atoms with Crippen molar-refractivity contribution in [2.45, 2.75) is 51.8 Å². The van der Waals surface area contributed by atoms with Gasteiger partial charge >= 0.3 is 0 Å². The molecule has 0 spiro atoms. The van der Waals surface area contributed by atoms with Crippen molar-refractivity contribution in [3.63, 3.8) is 0 Å². The molecule has 0 saturated heterocycles. The highest BCUT2D eigenvalue weighted by atomic mass is 32.2. The smallest absolute Gasteiger partial charge is 0.118 e. The fourth-order valence-electron chi connectivity index (χ4n) is 4.28. The Morgan fingerprint density at radius 2 is 1.77 bits per heavy atom. The molecule has 0 amide bonds. The van der Waals surface area contributed by atoms with Crippen molar-refractivity contribution in [2.24, 2.45) is 11.8 Å². The van der Waals surface area contributed by atoms with E-state index in [9.17, 15) is 4.21 Å². The molecule has 1 N–H and O–H groups in total. The van der Waals surface area contributed by atoms with Gasteiger partial charge in [-0.3, -0.25) is 0 Å². The van der Waals surface area contributed by atoms with Crippen molar-refractivity contribution in [2.75, 3.05) is 20.8 Å². The molecule has 3 atom stereocenters. The van der Waals surface area contributed by atoms with Crippen LogP contribution in [0.4, 0.5) is 0 Å². The summed E-state index contributed by atoms with van der Waals surface area (Å²) < 4.78 is 35.7. The molecule has 2 rings (SSSR count). The Labute approximate surface area is 188 Å². The zero-order valence-electron chi connectivity index (χ0n) is 19.6. The third-order valence-corrected chi connectivity index (χ3v) is 8.64. The van der Waals surface area contributed by atoms with Crippen LogP contribution in [-0.2, 0) is 21.2 Å². The average molecular weight is 447 g/mol. The third-order valence-electron chi connectivity index (χ3n) is 5.87. The molecule has 1 aromatic carbocycles. The summed E-state index contributed by atoms with van der Waals surface area (Å²) in [5, 5.41) is -0.252.